The van der Waals surface area contributed by atoms with Gasteiger partial charge in [0, 0.05) is 48.9 Å². The summed E-state index contributed by atoms with van der Waals surface area (Å²) in [6, 6.07) is 11.0. The molecule has 0 saturated heterocycles. The number of thiazole rings is 1. The van der Waals surface area contributed by atoms with Crippen LogP contribution in [0, 0.1) is 0 Å². The van der Waals surface area contributed by atoms with Crippen molar-refractivity contribution in [2.75, 3.05) is 11.9 Å². The molecule has 0 aliphatic heterocycles. The molecule has 3 aromatic rings. The number of anilines is 1. The first-order valence-corrected chi connectivity index (χ1v) is 9.00. The predicted molar refractivity (Wildman–Crippen MR) is 102 cm³/mol. The highest BCUT2D eigenvalue weighted by Gasteiger charge is 2.07. The SMILES string of the molecule is CC(=O)Nc1ccc(-c2csc(CCNC(=O)c3cccnc3)n2)cc1. The lowest BCUT2D eigenvalue weighted by atomic mass is 10.1. The van der Waals surface area contributed by atoms with E-state index in [0.717, 1.165) is 22.0 Å². The molecular formula is C19H18N4O2S. The molecule has 3 rings (SSSR count). The molecule has 2 aromatic heterocycles. The number of hydrogen-bond donors (Lipinski definition) is 2. The van der Waals surface area contributed by atoms with E-state index in [-0.39, 0.29) is 11.8 Å². The summed E-state index contributed by atoms with van der Waals surface area (Å²) in [6.45, 7) is 2.00. The van der Waals surface area contributed by atoms with Crippen molar-refractivity contribution in [3.05, 3.63) is 64.7 Å². The standard InChI is InChI=1S/C19H18N4O2S/c1-13(24)22-16-6-4-14(5-7-16)17-12-26-18(23-17)8-10-21-19(25)15-3-2-9-20-11-15/h2-7,9,11-12H,8,10H2,1H3,(H,21,25)(H,22,24). The van der Waals surface area contributed by atoms with Crippen LogP contribution in [-0.4, -0.2) is 28.3 Å². The second-order valence-corrected chi connectivity index (χ2v) is 6.58. The third-order valence-corrected chi connectivity index (χ3v) is 4.51. The molecule has 132 valence electrons. The number of carbonyl (C=O) groups excluding carboxylic acids is 2. The summed E-state index contributed by atoms with van der Waals surface area (Å²) in [7, 11) is 0. The van der Waals surface area contributed by atoms with Crippen LogP contribution in [0.3, 0.4) is 0 Å². The molecule has 0 atom stereocenters. The molecule has 0 aliphatic carbocycles. The Balaban J connectivity index is 1.54. The monoisotopic (exact) mass is 366 g/mol. The number of nitrogens with zero attached hydrogens (tertiary/aromatic N) is 2. The van der Waals surface area contributed by atoms with Crippen molar-refractivity contribution in [1.82, 2.24) is 15.3 Å². The highest BCUT2D eigenvalue weighted by Crippen LogP contribution is 2.23. The number of carbonyl (C=O) groups is 2. The maximum Gasteiger partial charge on any atom is 0.252 e. The van der Waals surface area contributed by atoms with E-state index < -0.39 is 0 Å². The molecule has 0 unspecified atom stereocenters. The molecule has 0 bridgehead atoms. The molecule has 2 amide bonds. The molecule has 1 aromatic carbocycles. The van der Waals surface area contributed by atoms with Crippen LogP contribution >= 0.6 is 11.3 Å². The van der Waals surface area contributed by atoms with Crippen molar-refractivity contribution in [2.45, 2.75) is 13.3 Å². The Kier molecular flexibility index (Phi) is 5.70. The van der Waals surface area contributed by atoms with E-state index >= 15 is 0 Å². The predicted octanol–water partition coefficient (Wildman–Crippen LogP) is 3.14. The van der Waals surface area contributed by atoms with Crippen LogP contribution in [0.5, 0.6) is 0 Å². The molecule has 2 N–H and O–H groups in total. The summed E-state index contributed by atoms with van der Waals surface area (Å²) in [5.74, 6) is -0.231. The summed E-state index contributed by atoms with van der Waals surface area (Å²) in [4.78, 5) is 31.6. The van der Waals surface area contributed by atoms with Crippen LogP contribution in [0.4, 0.5) is 5.69 Å². The molecule has 0 radical (unpaired) electrons. The molecule has 26 heavy (non-hydrogen) atoms. The molecule has 0 saturated carbocycles. The summed E-state index contributed by atoms with van der Waals surface area (Å²) in [5, 5.41) is 8.56. The normalized spacial score (nSPS) is 10.3. The van der Waals surface area contributed by atoms with Crippen molar-refractivity contribution in [1.29, 1.82) is 0 Å². The van der Waals surface area contributed by atoms with Crippen LogP contribution in [0.15, 0.2) is 54.2 Å². The fourth-order valence-corrected chi connectivity index (χ4v) is 3.18. The van der Waals surface area contributed by atoms with Gasteiger partial charge in [-0.3, -0.25) is 14.6 Å². The van der Waals surface area contributed by atoms with Gasteiger partial charge in [0.05, 0.1) is 16.3 Å². The quantitative estimate of drug-likeness (QED) is 0.702. The van der Waals surface area contributed by atoms with Gasteiger partial charge in [-0.1, -0.05) is 12.1 Å². The number of nitrogens with one attached hydrogen (secondary N) is 2. The Morgan fingerprint density at radius 2 is 1.96 bits per heavy atom. The molecule has 0 spiro atoms. The average molecular weight is 366 g/mol. The number of benzene rings is 1. The maximum absolute atomic E-state index is 12.0. The van der Waals surface area contributed by atoms with Gasteiger partial charge in [0.2, 0.25) is 5.91 Å². The molecular weight excluding hydrogens is 348 g/mol. The van der Waals surface area contributed by atoms with Gasteiger partial charge in [0.15, 0.2) is 0 Å². The summed E-state index contributed by atoms with van der Waals surface area (Å²) in [6.07, 6.45) is 3.85. The zero-order valence-electron chi connectivity index (χ0n) is 14.2. The Morgan fingerprint density at radius 3 is 2.65 bits per heavy atom. The Morgan fingerprint density at radius 1 is 1.15 bits per heavy atom. The second kappa shape index (κ2) is 8.35. The molecule has 2 heterocycles. The van der Waals surface area contributed by atoms with Crippen LogP contribution in [-0.2, 0) is 11.2 Å². The number of aromatic nitrogens is 2. The third-order valence-electron chi connectivity index (χ3n) is 3.60. The van der Waals surface area contributed by atoms with E-state index in [2.05, 4.69) is 20.6 Å². The summed E-state index contributed by atoms with van der Waals surface area (Å²) in [5.41, 5.74) is 3.18. The average Bonchev–Trinajstić information content (AvgIpc) is 3.11. The van der Waals surface area contributed by atoms with Gasteiger partial charge < -0.3 is 10.6 Å². The van der Waals surface area contributed by atoms with Gasteiger partial charge in [-0.25, -0.2) is 4.98 Å². The molecule has 6 nitrogen and oxygen atoms in total. The van der Waals surface area contributed by atoms with Crippen molar-refractivity contribution in [3.8, 4) is 11.3 Å². The van der Waals surface area contributed by atoms with Gasteiger partial charge in [0.1, 0.15) is 0 Å². The largest absolute Gasteiger partial charge is 0.352 e. The lowest BCUT2D eigenvalue weighted by Gasteiger charge is -2.03. The smallest absolute Gasteiger partial charge is 0.252 e. The molecule has 0 fully saturated rings. The van der Waals surface area contributed by atoms with Gasteiger partial charge in [-0.05, 0) is 24.3 Å². The highest BCUT2D eigenvalue weighted by molar-refractivity contribution is 7.09. The zero-order chi connectivity index (χ0) is 18.4. The number of pyridine rings is 1. The lowest BCUT2D eigenvalue weighted by molar-refractivity contribution is -0.114. The lowest BCUT2D eigenvalue weighted by Crippen LogP contribution is -2.25. The van der Waals surface area contributed by atoms with Crippen LogP contribution in [0.1, 0.15) is 22.3 Å². The van der Waals surface area contributed by atoms with E-state index in [9.17, 15) is 9.59 Å². The van der Waals surface area contributed by atoms with E-state index in [1.54, 1.807) is 35.9 Å². The summed E-state index contributed by atoms with van der Waals surface area (Å²) >= 11 is 1.56. The second-order valence-electron chi connectivity index (χ2n) is 5.63. The fourth-order valence-electron chi connectivity index (χ4n) is 2.37. The van der Waals surface area contributed by atoms with Gasteiger partial charge in [-0.2, -0.15) is 0 Å². The van der Waals surface area contributed by atoms with E-state index in [4.69, 9.17) is 0 Å². The van der Waals surface area contributed by atoms with Crippen LogP contribution in [0.2, 0.25) is 0 Å². The Bertz CT molecular complexity index is 891. The minimum absolute atomic E-state index is 0.0953. The maximum atomic E-state index is 12.0. The highest BCUT2D eigenvalue weighted by atomic mass is 32.1. The number of hydrogen-bond acceptors (Lipinski definition) is 5. The van der Waals surface area contributed by atoms with E-state index in [0.29, 0.717) is 18.5 Å². The van der Waals surface area contributed by atoms with Crippen molar-refractivity contribution in [3.63, 3.8) is 0 Å². The zero-order valence-corrected chi connectivity index (χ0v) is 15.0. The molecule has 0 aliphatic rings. The van der Waals surface area contributed by atoms with E-state index in [1.165, 1.54) is 6.92 Å². The van der Waals surface area contributed by atoms with Crippen molar-refractivity contribution in [2.24, 2.45) is 0 Å². The Labute approximate surface area is 155 Å². The van der Waals surface area contributed by atoms with Gasteiger partial charge >= 0.3 is 0 Å². The number of amides is 2. The minimum Gasteiger partial charge on any atom is -0.352 e. The number of rotatable bonds is 6. The minimum atomic E-state index is -0.136. The van der Waals surface area contributed by atoms with Crippen LogP contribution in [0.25, 0.3) is 11.3 Å². The van der Waals surface area contributed by atoms with Crippen molar-refractivity contribution >= 4 is 28.8 Å². The summed E-state index contributed by atoms with van der Waals surface area (Å²) < 4.78 is 0. The van der Waals surface area contributed by atoms with Crippen molar-refractivity contribution < 1.29 is 9.59 Å². The molecule has 7 heteroatoms. The van der Waals surface area contributed by atoms with E-state index in [1.807, 2.05) is 29.6 Å². The first kappa shape index (κ1) is 17.8. The van der Waals surface area contributed by atoms with Gasteiger partial charge in [0.25, 0.3) is 5.91 Å². The fraction of sp³-hybridized carbons (Fsp3) is 0.158. The third kappa shape index (κ3) is 4.73. The topological polar surface area (TPSA) is 84.0 Å². The Hall–Kier alpha value is -3.06. The van der Waals surface area contributed by atoms with Crippen LogP contribution < -0.4 is 10.6 Å². The van der Waals surface area contributed by atoms with Gasteiger partial charge in [-0.15, -0.1) is 11.3 Å². The first-order chi connectivity index (χ1) is 12.6. The first-order valence-electron chi connectivity index (χ1n) is 8.12.